The van der Waals surface area contributed by atoms with Crippen molar-refractivity contribution in [1.29, 1.82) is 0 Å². The number of benzene rings is 2. The van der Waals surface area contributed by atoms with Gasteiger partial charge in [0.1, 0.15) is 6.61 Å². The van der Waals surface area contributed by atoms with Crippen molar-refractivity contribution < 1.29 is 14.3 Å². The van der Waals surface area contributed by atoms with Crippen LogP contribution in [0.4, 0.5) is 5.69 Å². The van der Waals surface area contributed by atoms with Crippen molar-refractivity contribution in [2.75, 3.05) is 24.6 Å². The SMILES string of the molecule is O=C(CCc1ccccc1)NCC1CN(c2ccc(Cl)cc2)C(=O)CO1. The average Bonchev–Trinajstić information content (AvgIpc) is 2.67. The van der Waals surface area contributed by atoms with Crippen LogP contribution in [0.25, 0.3) is 0 Å². The lowest BCUT2D eigenvalue weighted by molar-refractivity contribution is -0.129. The molecule has 1 aliphatic heterocycles. The summed E-state index contributed by atoms with van der Waals surface area (Å²) in [6.07, 6.45) is 0.897. The summed E-state index contributed by atoms with van der Waals surface area (Å²) in [7, 11) is 0. The minimum Gasteiger partial charge on any atom is -0.365 e. The van der Waals surface area contributed by atoms with Crippen LogP contribution in [0, 0.1) is 0 Å². The van der Waals surface area contributed by atoms with Gasteiger partial charge in [-0.05, 0) is 36.2 Å². The largest absolute Gasteiger partial charge is 0.365 e. The molecule has 5 nitrogen and oxygen atoms in total. The number of halogens is 1. The van der Waals surface area contributed by atoms with Crippen LogP contribution in [0.1, 0.15) is 12.0 Å². The first-order chi connectivity index (χ1) is 12.6. The molecule has 0 aromatic heterocycles. The molecular formula is C20H21ClN2O3. The monoisotopic (exact) mass is 372 g/mol. The molecule has 2 aromatic carbocycles. The fraction of sp³-hybridized carbons (Fsp3) is 0.300. The van der Waals surface area contributed by atoms with Gasteiger partial charge < -0.3 is 15.0 Å². The van der Waals surface area contributed by atoms with E-state index in [0.717, 1.165) is 11.3 Å². The number of hydrogen-bond acceptors (Lipinski definition) is 3. The van der Waals surface area contributed by atoms with Crippen molar-refractivity contribution in [3.63, 3.8) is 0 Å². The molecule has 0 radical (unpaired) electrons. The van der Waals surface area contributed by atoms with Gasteiger partial charge in [-0.15, -0.1) is 0 Å². The third kappa shape index (κ3) is 5.07. The highest BCUT2D eigenvalue weighted by Gasteiger charge is 2.27. The molecule has 0 aliphatic carbocycles. The van der Waals surface area contributed by atoms with Crippen LogP contribution in [0.2, 0.25) is 5.02 Å². The molecule has 2 aromatic rings. The van der Waals surface area contributed by atoms with Gasteiger partial charge in [0.2, 0.25) is 5.91 Å². The minimum absolute atomic E-state index is 0.00712. The Balaban J connectivity index is 1.48. The van der Waals surface area contributed by atoms with Gasteiger partial charge in [-0.25, -0.2) is 0 Å². The van der Waals surface area contributed by atoms with E-state index in [2.05, 4.69) is 5.32 Å². The first-order valence-corrected chi connectivity index (χ1v) is 8.98. The average molecular weight is 373 g/mol. The molecule has 6 heteroatoms. The maximum Gasteiger partial charge on any atom is 0.253 e. The molecular weight excluding hydrogens is 352 g/mol. The molecule has 1 aliphatic rings. The van der Waals surface area contributed by atoms with E-state index in [0.29, 0.717) is 31.0 Å². The third-order valence-electron chi connectivity index (χ3n) is 4.28. The number of ether oxygens (including phenoxy) is 1. The van der Waals surface area contributed by atoms with Crippen molar-refractivity contribution in [3.05, 3.63) is 65.2 Å². The Morgan fingerprint density at radius 2 is 1.88 bits per heavy atom. The Bertz CT molecular complexity index is 749. The highest BCUT2D eigenvalue weighted by Crippen LogP contribution is 2.21. The van der Waals surface area contributed by atoms with E-state index >= 15 is 0 Å². The molecule has 136 valence electrons. The number of nitrogens with zero attached hydrogens (tertiary/aromatic N) is 1. The van der Waals surface area contributed by atoms with Crippen LogP contribution in [0.5, 0.6) is 0 Å². The van der Waals surface area contributed by atoms with Gasteiger partial charge in [-0.1, -0.05) is 41.9 Å². The quantitative estimate of drug-likeness (QED) is 0.848. The van der Waals surface area contributed by atoms with E-state index < -0.39 is 0 Å². The Morgan fingerprint density at radius 1 is 1.15 bits per heavy atom. The zero-order valence-electron chi connectivity index (χ0n) is 14.4. The number of morpholine rings is 1. The lowest BCUT2D eigenvalue weighted by Gasteiger charge is -2.32. The van der Waals surface area contributed by atoms with E-state index in [-0.39, 0.29) is 24.5 Å². The number of carbonyl (C=O) groups is 2. The van der Waals surface area contributed by atoms with Crippen LogP contribution in [0.3, 0.4) is 0 Å². The standard InChI is InChI=1S/C20H21ClN2O3/c21-16-7-9-17(10-8-16)23-13-18(26-14-20(23)25)12-22-19(24)11-6-15-4-2-1-3-5-15/h1-5,7-10,18H,6,11-14H2,(H,22,24). The van der Waals surface area contributed by atoms with Gasteiger partial charge in [-0.2, -0.15) is 0 Å². The van der Waals surface area contributed by atoms with E-state index in [9.17, 15) is 9.59 Å². The molecule has 2 amide bonds. The Morgan fingerprint density at radius 3 is 2.62 bits per heavy atom. The minimum atomic E-state index is -0.232. The van der Waals surface area contributed by atoms with Crippen LogP contribution in [-0.4, -0.2) is 37.6 Å². The number of anilines is 1. The molecule has 1 fully saturated rings. The number of aryl methyl sites for hydroxylation is 1. The van der Waals surface area contributed by atoms with E-state index in [1.165, 1.54) is 0 Å². The summed E-state index contributed by atoms with van der Waals surface area (Å²) >= 11 is 5.90. The van der Waals surface area contributed by atoms with Gasteiger partial charge >= 0.3 is 0 Å². The number of amides is 2. The maximum atomic E-state index is 12.1. The second kappa shape index (κ2) is 8.83. The third-order valence-corrected chi connectivity index (χ3v) is 4.53. The highest BCUT2D eigenvalue weighted by atomic mass is 35.5. The molecule has 1 atom stereocenters. The molecule has 1 saturated heterocycles. The van der Waals surface area contributed by atoms with Gasteiger partial charge in [0.05, 0.1) is 12.6 Å². The van der Waals surface area contributed by atoms with Crippen molar-refractivity contribution >= 4 is 29.1 Å². The van der Waals surface area contributed by atoms with Crippen molar-refractivity contribution in [1.82, 2.24) is 5.32 Å². The molecule has 1 N–H and O–H groups in total. The molecule has 1 heterocycles. The van der Waals surface area contributed by atoms with Crippen LogP contribution in [-0.2, 0) is 20.7 Å². The van der Waals surface area contributed by atoms with Crippen molar-refractivity contribution in [3.8, 4) is 0 Å². The van der Waals surface area contributed by atoms with E-state index in [1.807, 2.05) is 30.3 Å². The summed E-state index contributed by atoms with van der Waals surface area (Å²) in [5, 5.41) is 3.52. The lowest BCUT2D eigenvalue weighted by Crippen LogP contribution is -2.50. The van der Waals surface area contributed by atoms with Gasteiger partial charge in [0, 0.05) is 23.7 Å². The Kier molecular flexibility index (Phi) is 6.26. The number of carbonyl (C=O) groups excluding carboxylic acids is 2. The summed E-state index contributed by atoms with van der Waals surface area (Å²) in [5.74, 6) is -0.119. The predicted molar refractivity (Wildman–Crippen MR) is 101 cm³/mol. The van der Waals surface area contributed by atoms with Crippen LogP contribution >= 0.6 is 11.6 Å². The number of rotatable bonds is 6. The van der Waals surface area contributed by atoms with E-state index in [4.69, 9.17) is 16.3 Å². The van der Waals surface area contributed by atoms with Gasteiger partial charge in [-0.3, -0.25) is 9.59 Å². The number of hydrogen-bond donors (Lipinski definition) is 1. The molecule has 0 spiro atoms. The molecule has 1 unspecified atom stereocenters. The van der Waals surface area contributed by atoms with Crippen LogP contribution < -0.4 is 10.2 Å². The first kappa shape index (κ1) is 18.4. The smallest absolute Gasteiger partial charge is 0.253 e. The zero-order chi connectivity index (χ0) is 18.4. The maximum absolute atomic E-state index is 12.1. The molecule has 0 saturated carbocycles. The second-order valence-corrected chi connectivity index (χ2v) is 6.64. The van der Waals surface area contributed by atoms with E-state index in [1.54, 1.807) is 29.2 Å². The first-order valence-electron chi connectivity index (χ1n) is 8.60. The summed E-state index contributed by atoms with van der Waals surface area (Å²) in [6, 6.07) is 17.0. The zero-order valence-corrected chi connectivity index (χ0v) is 15.1. The van der Waals surface area contributed by atoms with Crippen molar-refractivity contribution in [2.24, 2.45) is 0 Å². The number of nitrogens with one attached hydrogen (secondary N) is 1. The molecule has 0 bridgehead atoms. The fourth-order valence-corrected chi connectivity index (χ4v) is 2.96. The molecule has 3 rings (SSSR count). The van der Waals surface area contributed by atoms with Crippen LogP contribution in [0.15, 0.2) is 54.6 Å². The highest BCUT2D eigenvalue weighted by molar-refractivity contribution is 6.30. The van der Waals surface area contributed by atoms with Gasteiger partial charge in [0.25, 0.3) is 5.91 Å². The normalized spacial score (nSPS) is 17.2. The van der Waals surface area contributed by atoms with Crippen molar-refractivity contribution in [2.45, 2.75) is 18.9 Å². The fourth-order valence-electron chi connectivity index (χ4n) is 2.84. The summed E-state index contributed by atoms with van der Waals surface area (Å²) < 4.78 is 5.55. The summed E-state index contributed by atoms with van der Waals surface area (Å²) in [4.78, 5) is 25.8. The predicted octanol–water partition coefficient (Wildman–Crippen LogP) is 2.82. The molecule has 26 heavy (non-hydrogen) atoms. The van der Waals surface area contributed by atoms with Gasteiger partial charge in [0.15, 0.2) is 0 Å². The lowest BCUT2D eigenvalue weighted by atomic mass is 10.1. The Labute approximate surface area is 157 Å². The second-order valence-electron chi connectivity index (χ2n) is 6.20. The summed E-state index contributed by atoms with van der Waals surface area (Å²) in [5.41, 5.74) is 1.92. The topological polar surface area (TPSA) is 58.6 Å². The Hall–Kier alpha value is -2.37. The summed E-state index contributed by atoms with van der Waals surface area (Å²) in [6.45, 7) is 0.789.